The van der Waals surface area contributed by atoms with E-state index in [4.69, 9.17) is 11.6 Å². The molecule has 0 aliphatic carbocycles. The van der Waals surface area contributed by atoms with Gasteiger partial charge in [-0.2, -0.15) is 0 Å². The summed E-state index contributed by atoms with van der Waals surface area (Å²) in [6.07, 6.45) is 6.36. The topological polar surface area (TPSA) is 106 Å². The minimum atomic E-state index is -0.510. The van der Waals surface area contributed by atoms with Crippen LogP contribution in [0.25, 0.3) is 27.5 Å². The molecule has 6 aromatic rings. The summed E-state index contributed by atoms with van der Waals surface area (Å²) in [5, 5.41) is 5.23. The summed E-state index contributed by atoms with van der Waals surface area (Å²) >= 11 is 8.62. The number of anilines is 1. The molecule has 0 unspecified atom stereocenters. The number of para-hydroxylation sites is 1. The van der Waals surface area contributed by atoms with Gasteiger partial charge in [0, 0.05) is 45.5 Å². The average Bonchev–Trinajstić information content (AvgIpc) is 2.96. The number of nitrogens with one attached hydrogen (secondary N) is 2. The van der Waals surface area contributed by atoms with Crippen molar-refractivity contribution in [2.24, 2.45) is 0 Å². The maximum Gasteiger partial charge on any atom is 0.264 e. The van der Waals surface area contributed by atoms with Crippen molar-refractivity contribution in [2.75, 3.05) is 5.32 Å². The molecule has 192 valence electrons. The Balaban J connectivity index is 1.57. The molecule has 6 rings (SSSR count). The number of fused-ring (bicyclic) bond motifs is 2. The molecule has 0 fully saturated rings. The molecule has 2 aromatic carbocycles. The molecule has 10 heteroatoms. The van der Waals surface area contributed by atoms with Gasteiger partial charge in [-0.3, -0.25) is 19.1 Å². The van der Waals surface area contributed by atoms with Crippen molar-refractivity contribution < 1.29 is 0 Å². The van der Waals surface area contributed by atoms with Gasteiger partial charge in [-0.1, -0.05) is 53.7 Å². The summed E-state index contributed by atoms with van der Waals surface area (Å²) in [4.78, 5) is 44.3. The maximum atomic E-state index is 14.3. The summed E-state index contributed by atoms with van der Waals surface area (Å²) in [7, 11) is 0. The number of aromatic amines is 1. The third-order valence-corrected chi connectivity index (χ3v) is 7.81. The molecule has 2 N–H and O–H groups in total. The summed E-state index contributed by atoms with van der Waals surface area (Å²) in [5.74, 6) is 0.347. The zero-order valence-corrected chi connectivity index (χ0v) is 22.2. The Morgan fingerprint density at radius 2 is 1.74 bits per heavy atom. The van der Waals surface area contributed by atoms with Gasteiger partial charge in [-0.15, -0.1) is 0 Å². The van der Waals surface area contributed by atoms with Crippen LogP contribution in [0.5, 0.6) is 0 Å². The predicted octanol–water partition coefficient (Wildman–Crippen LogP) is 5.99. The second-order valence-electron chi connectivity index (χ2n) is 8.79. The fourth-order valence-corrected chi connectivity index (χ4v) is 5.98. The van der Waals surface area contributed by atoms with Crippen molar-refractivity contribution in [3.8, 4) is 5.69 Å². The highest BCUT2D eigenvalue weighted by molar-refractivity contribution is 7.99. The van der Waals surface area contributed by atoms with E-state index >= 15 is 0 Å². The molecular formula is C29H21ClN6O2S. The number of benzene rings is 2. The van der Waals surface area contributed by atoms with Crippen LogP contribution >= 0.6 is 23.4 Å². The van der Waals surface area contributed by atoms with Gasteiger partial charge in [0.05, 0.1) is 22.1 Å². The second-order valence-corrected chi connectivity index (χ2v) is 10.3. The van der Waals surface area contributed by atoms with E-state index in [9.17, 15) is 9.59 Å². The Bertz CT molecular complexity index is 1940. The van der Waals surface area contributed by atoms with Gasteiger partial charge in [-0.05, 0) is 37.3 Å². The van der Waals surface area contributed by atoms with Gasteiger partial charge in [0.2, 0.25) is 0 Å². The minimum absolute atomic E-state index is 0.202. The van der Waals surface area contributed by atoms with Crippen molar-refractivity contribution >= 4 is 51.0 Å². The highest BCUT2D eigenvalue weighted by atomic mass is 35.5. The third-order valence-electron chi connectivity index (χ3n) is 6.35. The van der Waals surface area contributed by atoms with Crippen LogP contribution in [-0.2, 0) is 0 Å². The summed E-state index contributed by atoms with van der Waals surface area (Å²) in [6, 6.07) is 19.7. The molecule has 4 heterocycles. The quantitative estimate of drug-likeness (QED) is 0.261. The number of hydrogen-bond donors (Lipinski definition) is 2. The van der Waals surface area contributed by atoms with Crippen molar-refractivity contribution in [2.45, 2.75) is 22.8 Å². The van der Waals surface area contributed by atoms with Crippen LogP contribution in [0, 0.1) is 0 Å². The van der Waals surface area contributed by atoms with Crippen LogP contribution in [0.2, 0.25) is 5.02 Å². The SMILES string of the molecule is C[C@H](Nc1ncnc2[nH]ccc(=O)c12)c1c(Cl)c2cccc(Sc3ccncc3)c2c(=O)n1-c1ccccc1. The molecule has 0 aliphatic heterocycles. The van der Waals surface area contributed by atoms with Crippen LogP contribution in [0.1, 0.15) is 18.7 Å². The zero-order valence-electron chi connectivity index (χ0n) is 20.6. The van der Waals surface area contributed by atoms with E-state index < -0.39 is 6.04 Å². The average molecular weight is 553 g/mol. The molecule has 0 radical (unpaired) electrons. The van der Waals surface area contributed by atoms with Crippen molar-refractivity contribution in [1.29, 1.82) is 0 Å². The monoisotopic (exact) mass is 552 g/mol. The number of halogens is 1. The maximum absolute atomic E-state index is 14.3. The smallest absolute Gasteiger partial charge is 0.264 e. The van der Waals surface area contributed by atoms with Crippen LogP contribution in [0.4, 0.5) is 5.82 Å². The predicted molar refractivity (Wildman–Crippen MR) is 155 cm³/mol. The van der Waals surface area contributed by atoms with Gasteiger partial charge in [0.1, 0.15) is 23.2 Å². The van der Waals surface area contributed by atoms with E-state index in [-0.39, 0.29) is 11.0 Å². The lowest BCUT2D eigenvalue weighted by Crippen LogP contribution is -2.27. The lowest BCUT2D eigenvalue weighted by atomic mass is 10.1. The van der Waals surface area contributed by atoms with E-state index in [1.165, 1.54) is 24.2 Å². The van der Waals surface area contributed by atoms with E-state index in [0.717, 1.165) is 9.79 Å². The summed E-state index contributed by atoms with van der Waals surface area (Å²) in [5.41, 5.74) is 1.21. The fourth-order valence-electron chi connectivity index (χ4n) is 4.62. The molecule has 1 atom stereocenters. The summed E-state index contributed by atoms with van der Waals surface area (Å²) in [6.45, 7) is 1.88. The number of rotatable bonds is 6. The van der Waals surface area contributed by atoms with Gasteiger partial charge in [0.25, 0.3) is 5.56 Å². The van der Waals surface area contributed by atoms with Gasteiger partial charge in [0.15, 0.2) is 5.43 Å². The number of pyridine rings is 3. The first-order valence-electron chi connectivity index (χ1n) is 12.1. The zero-order chi connectivity index (χ0) is 26.9. The molecular weight excluding hydrogens is 532 g/mol. The van der Waals surface area contributed by atoms with Crippen molar-refractivity contribution in [3.63, 3.8) is 0 Å². The Hall–Kier alpha value is -4.47. The molecule has 39 heavy (non-hydrogen) atoms. The lowest BCUT2D eigenvalue weighted by molar-refractivity contribution is 0.774. The van der Waals surface area contributed by atoms with E-state index in [2.05, 4.69) is 25.3 Å². The molecule has 0 saturated heterocycles. The van der Waals surface area contributed by atoms with Crippen LogP contribution in [0.15, 0.2) is 111 Å². The largest absolute Gasteiger partial charge is 0.361 e. The van der Waals surface area contributed by atoms with E-state index in [1.807, 2.05) is 67.6 Å². The van der Waals surface area contributed by atoms with E-state index in [0.29, 0.717) is 44.0 Å². The normalized spacial score (nSPS) is 12.1. The van der Waals surface area contributed by atoms with Crippen molar-refractivity contribution in [1.82, 2.24) is 24.5 Å². The highest BCUT2D eigenvalue weighted by Gasteiger charge is 2.24. The van der Waals surface area contributed by atoms with Crippen molar-refractivity contribution in [3.05, 3.63) is 123 Å². The van der Waals surface area contributed by atoms with Gasteiger partial charge < -0.3 is 10.3 Å². The molecule has 0 amide bonds. The Morgan fingerprint density at radius 1 is 0.949 bits per heavy atom. The molecule has 0 spiro atoms. The van der Waals surface area contributed by atoms with Gasteiger partial charge in [-0.25, -0.2) is 9.97 Å². The molecule has 0 saturated carbocycles. The standard InChI is InChI=1S/C29H21ClN6O2S/c1-17(35-28-24-21(37)12-15-32-27(24)33-16-34-28)26-25(30)20-8-5-9-22(39-19-10-13-31-14-11-19)23(20)29(38)36(26)18-6-3-2-4-7-18/h2-17H,1H3,(H2,32,33,34,35,37)/t17-/m0/s1. The number of aromatic nitrogens is 5. The van der Waals surface area contributed by atoms with Crippen LogP contribution in [0.3, 0.4) is 0 Å². The molecule has 0 bridgehead atoms. The molecule has 4 aromatic heterocycles. The molecule has 8 nitrogen and oxygen atoms in total. The number of hydrogen-bond acceptors (Lipinski definition) is 7. The first-order valence-corrected chi connectivity index (χ1v) is 13.3. The van der Waals surface area contributed by atoms with E-state index in [1.54, 1.807) is 23.2 Å². The highest BCUT2D eigenvalue weighted by Crippen LogP contribution is 2.38. The van der Waals surface area contributed by atoms with Crippen LogP contribution < -0.4 is 16.3 Å². The number of nitrogens with zero attached hydrogens (tertiary/aromatic N) is 4. The Kier molecular flexibility index (Phi) is 6.60. The Labute approximate surface area is 231 Å². The first-order chi connectivity index (χ1) is 19.0. The van der Waals surface area contributed by atoms with Gasteiger partial charge >= 0.3 is 0 Å². The number of H-pyrrole nitrogens is 1. The lowest BCUT2D eigenvalue weighted by Gasteiger charge is -2.24. The summed E-state index contributed by atoms with van der Waals surface area (Å²) < 4.78 is 1.63. The first kappa shape index (κ1) is 24.8. The minimum Gasteiger partial charge on any atom is -0.361 e. The Morgan fingerprint density at radius 3 is 2.54 bits per heavy atom. The second kappa shape index (κ2) is 10.4. The third kappa shape index (κ3) is 4.56. The fraction of sp³-hybridized carbons (Fsp3) is 0.0690. The van der Waals surface area contributed by atoms with Crippen LogP contribution in [-0.4, -0.2) is 24.5 Å². The molecule has 0 aliphatic rings.